The molecule has 0 aliphatic heterocycles. The highest BCUT2D eigenvalue weighted by atomic mass is 35.5. The largest absolute Gasteiger partial charge is 0.392 e. The minimum Gasteiger partial charge on any atom is -0.392 e. The molecule has 0 atom stereocenters. The van der Waals surface area contributed by atoms with Crippen molar-refractivity contribution in [1.29, 1.82) is 0 Å². The van der Waals surface area contributed by atoms with Crippen molar-refractivity contribution in [2.75, 3.05) is 0 Å². The average molecular weight is 264 g/mol. The third-order valence-corrected chi connectivity index (χ3v) is 3.71. The maximum absolute atomic E-state index is 9.24. The topological polar surface area (TPSA) is 50.9 Å². The van der Waals surface area contributed by atoms with Crippen LogP contribution in [0.5, 0.6) is 0 Å². The fraction of sp³-hybridized carbons (Fsp3) is 0.385. The minimum atomic E-state index is -0.0781. The Kier molecular flexibility index (Phi) is 3.06. The molecule has 4 nitrogen and oxygen atoms in total. The average Bonchev–Trinajstić information content (AvgIpc) is 2.83. The van der Waals surface area contributed by atoms with Gasteiger partial charge in [-0.15, -0.1) is 0 Å². The highest BCUT2D eigenvalue weighted by Gasteiger charge is 2.17. The molecule has 0 amide bonds. The first-order valence-electron chi connectivity index (χ1n) is 6.10. The lowest BCUT2D eigenvalue weighted by Crippen LogP contribution is -2.08. The van der Waals surface area contributed by atoms with Gasteiger partial charge in [-0.2, -0.15) is 0 Å². The molecule has 5 heteroatoms. The Morgan fingerprint density at radius 2 is 2.11 bits per heavy atom. The minimum absolute atomic E-state index is 0.0781. The van der Waals surface area contributed by atoms with E-state index >= 15 is 0 Å². The van der Waals surface area contributed by atoms with Gasteiger partial charge in [-0.05, 0) is 31.7 Å². The van der Waals surface area contributed by atoms with E-state index in [-0.39, 0.29) is 6.61 Å². The molecular formula is C13H14ClN3O. The number of imidazole rings is 1. The van der Waals surface area contributed by atoms with E-state index in [4.69, 9.17) is 11.6 Å². The summed E-state index contributed by atoms with van der Waals surface area (Å²) in [7, 11) is 0. The first kappa shape index (κ1) is 11.7. The van der Waals surface area contributed by atoms with Gasteiger partial charge >= 0.3 is 0 Å². The van der Waals surface area contributed by atoms with E-state index in [0.717, 1.165) is 18.7 Å². The zero-order chi connectivity index (χ0) is 12.5. The number of hydrogen-bond acceptors (Lipinski definition) is 3. The van der Waals surface area contributed by atoms with Crippen LogP contribution < -0.4 is 0 Å². The highest BCUT2D eigenvalue weighted by Crippen LogP contribution is 2.24. The maximum atomic E-state index is 9.24. The summed E-state index contributed by atoms with van der Waals surface area (Å²) in [6.45, 7) is -0.0781. The molecule has 2 aromatic heterocycles. The second-order valence-electron chi connectivity index (χ2n) is 4.51. The lowest BCUT2D eigenvalue weighted by Gasteiger charge is -2.14. The highest BCUT2D eigenvalue weighted by molar-refractivity contribution is 6.31. The zero-order valence-corrected chi connectivity index (χ0v) is 10.7. The molecular weight excluding hydrogens is 250 g/mol. The number of aromatic nitrogens is 3. The van der Waals surface area contributed by atoms with Crippen molar-refractivity contribution in [3.8, 4) is 5.82 Å². The summed E-state index contributed by atoms with van der Waals surface area (Å²) in [5.41, 5.74) is 3.10. The van der Waals surface area contributed by atoms with Crippen LogP contribution in [0.1, 0.15) is 29.8 Å². The van der Waals surface area contributed by atoms with Crippen LogP contribution in [0, 0.1) is 0 Å². The fourth-order valence-electron chi connectivity index (χ4n) is 2.39. The summed E-state index contributed by atoms with van der Waals surface area (Å²) in [5, 5.41) is 9.74. The van der Waals surface area contributed by atoms with Gasteiger partial charge in [0.1, 0.15) is 12.1 Å². The Labute approximate surface area is 110 Å². The monoisotopic (exact) mass is 263 g/mol. The van der Waals surface area contributed by atoms with E-state index in [1.54, 1.807) is 6.20 Å². The number of fused-ring (bicyclic) bond motifs is 1. The van der Waals surface area contributed by atoms with Crippen molar-refractivity contribution in [2.45, 2.75) is 32.3 Å². The van der Waals surface area contributed by atoms with Crippen molar-refractivity contribution < 1.29 is 5.11 Å². The summed E-state index contributed by atoms with van der Waals surface area (Å²) in [6, 6.07) is 1.82. The van der Waals surface area contributed by atoms with Gasteiger partial charge in [-0.3, -0.25) is 4.57 Å². The predicted octanol–water partition coefficient (Wildman–Crippen LogP) is 2.29. The Balaban J connectivity index is 2.07. The first-order chi connectivity index (χ1) is 8.79. The van der Waals surface area contributed by atoms with Crippen LogP contribution in [-0.4, -0.2) is 19.6 Å². The van der Waals surface area contributed by atoms with Gasteiger partial charge in [-0.1, -0.05) is 11.6 Å². The summed E-state index contributed by atoms with van der Waals surface area (Å²) in [6.07, 6.45) is 7.88. The molecule has 1 N–H and O–H groups in total. The van der Waals surface area contributed by atoms with E-state index in [1.807, 2.05) is 17.0 Å². The van der Waals surface area contributed by atoms with E-state index in [9.17, 15) is 5.11 Å². The van der Waals surface area contributed by atoms with Crippen LogP contribution in [-0.2, 0) is 19.4 Å². The van der Waals surface area contributed by atoms with Crippen LogP contribution in [0.15, 0.2) is 18.6 Å². The lowest BCUT2D eigenvalue weighted by molar-refractivity contribution is 0.282. The van der Waals surface area contributed by atoms with Gasteiger partial charge in [0.2, 0.25) is 0 Å². The van der Waals surface area contributed by atoms with Gasteiger partial charge in [0, 0.05) is 17.5 Å². The Hall–Kier alpha value is -1.39. The Morgan fingerprint density at radius 3 is 2.94 bits per heavy atom. The SMILES string of the molecule is OCc1cc(-n2cnc3c2CCCC3)ncc1Cl. The van der Waals surface area contributed by atoms with Crippen molar-refractivity contribution in [3.63, 3.8) is 0 Å². The normalized spacial score (nSPS) is 14.6. The van der Waals surface area contributed by atoms with Gasteiger partial charge in [0.25, 0.3) is 0 Å². The second-order valence-corrected chi connectivity index (χ2v) is 4.91. The summed E-state index contributed by atoms with van der Waals surface area (Å²) in [5.74, 6) is 0.777. The Morgan fingerprint density at radius 1 is 1.28 bits per heavy atom. The molecule has 0 spiro atoms. The maximum Gasteiger partial charge on any atom is 0.138 e. The summed E-state index contributed by atoms with van der Waals surface area (Å²) < 4.78 is 2.00. The van der Waals surface area contributed by atoms with Gasteiger partial charge < -0.3 is 5.11 Å². The number of aryl methyl sites for hydroxylation is 1. The number of pyridine rings is 1. The fourth-order valence-corrected chi connectivity index (χ4v) is 2.55. The van der Waals surface area contributed by atoms with Crippen LogP contribution in [0.2, 0.25) is 5.02 Å². The van der Waals surface area contributed by atoms with Gasteiger partial charge in [0.15, 0.2) is 0 Å². The quantitative estimate of drug-likeness (QED) is 0.904. The molecule has 2 aromatic rings. The molecule has 0 bridgehead atoms. The van der Waals surface area contributed by atoms with Crippen LogP contribution in [0.3, 0.4) is 0 Å². The molecule has 1 aliphatic rings. The molecule has 0 unspecified atom stereocenters. The number of halogens is 1. The van der Waals surface area contributed by atoms with Crippen molar-refractivity contribution in [3.05, 3.63) is 40.6 Å². The number of aliphatic hydroxyl groups is 1. The lowest BCUT2D eigenvalue weighted by atomic mass is 10.0. The molecule has 94 valence electrons. The second kappa shape index (κ2) is 4.71. The third kappa shape index (κ3) is 1.91. The smallest absolute Gasteiger partial charge is 0.138 e. The van der Waals surface area contributed by atoms with E-state index in [0.29, 0.717) is 10.6 Å². The molecule has 18 heavy (non-hydrogen) atoms. The summed E-state index contributed by atoms with van der Waals surface area (Å²) in [4.78, 5) is 8.76. The number of nitrogens with zero attached hydrogens (tertiary/aromatic N) is 3. The standard InChI is InChI=1S/C13H14ClN3O/c14-10-6-15-13(5-9(10)7-18)17-8-16-11-3-1-2-4-12(11)17/h5-6,8,18H,1-4,7H2. The predicted molar refractivity (Wildman–Crippen MR) is 68.9 cm³/mol. The molecule has 0 saturated heterocycles. The molecule has 1 aliphatic carbocycles. The molecule has 0 radical (unpaired) electrons. The van der Waals surface area contributed by atoms with Gasteiger partial charge in [0.05, 0.1) is 17.3 Å². The van der Waals surface area contributed by atoms with Crippen molar-refractivity contribution in [1.82, 2.24) is 14.5 Å². The van der Waals surface area contributed by atoms with E-state index < -0.39 is 0 Å². The molecule has 0 fully saturated rings. The molecule has 2 heterocycles. The molecule has 0 saturated carbocycles. The van der Waals surface area contributed by atoms with Crippen LogP contribution >= 0.6 is 11.6 Å². The molecule has 3 rings (SSSR count). The van der Waals surface area contributed by atoms with Crippen LogP contribution in [0.25, 0.3) is 5.82 Å². The molecule has 0 aromatic carbocycles. The number of aliphatic hydroxyl groups excluding tert-OH is 1. The number of hydrogen-bond donors (Lipinski definition) is 1. The van der Waals surface area contributed by atoms with Crippen molar-refractivity contribution in [2.24, 2.45) is 0 Å². The van der Waals surface area contributed by atoms with E-state index in [2.05, 4.69) is 9.97 Å². The summed E-state index contributed by atoms with van der Waals surface area (Å²) >= 11 is 5.95. The first-order valence-corrected chi connectivity index (χ1v) is 6.48. The van der Waals surface area contributed by atoms with Gasteiger partial charge in [-0.25, -0.2) is 9.97 Å². The van der Waals surface area contributed by atoms with E-state index in [1.165, 1.54) is 24.2 Å². The zero-order valence-electron chi connectivity index (χ0n) is 9.93. The Bertz CT molecular complexity index is 580. The number of rotatable bonds is 2. The van der Waals surface area contributed by atoms with Crippen molar-refractivity contribution >= 4 is 11.6 Å². The van der Waals surface area contributed by atoms with Crippen LogP contribution in [0.4, 0.5) is 0 Å². The third-order valence-electron chi connectivity index (χ3n) is 3.37.